The van der Waals surface area contributed by atoms with Crippen molar-refractivity contribution in [3.63, 3.8) is 0 Å². The predicted octanol–water partition coefficient (Wildman–Crippen LogP) is 4.63. The van der Waals surface area contributed by atoms with E-state index in [2.05, 4.69) is 61.6 Å². The number of aromatic nitrogens is 2. The SMILES string of the molecule is CCCCCc1ccc(NC(C)c2cn(C)nc2C)cc1. The zero-order chi connectivity index (χ0) is 15.2. The lowest BCUT2D eigenvalue weighted by molar-refractivity contribution is 0.717. The van der Waals surface area contributed by atoms with Gasteiger partial charge in [0.1, 0.15) is 0 Å². The Bertz CT molecular complexity index is 554. The molecule has 0 amide bonds. The minimum atomic E-state index is 0.268. The molecule has 2 rings (SSSR count). The van der Waals surface area contributed by atoms with Crippen LogP contribution in [-0.4, -0.2) is 9.78 Å². The molecule has 3 nitrogen and oxygen atoms in total. The van der Waals surface area contributed by atoms with Crippen molar-refractivity contribution in [3.8, 4) is 0 Å². The summed E-state index contributed by atoms with van der Waals surface area (Å²) in [6.45, 7) is 6.48. The first kappa shape index (κ1) is 15.6. The van der Waals surface area contributed by atoms with Crippen LogP contribution < -0.4 is 5.32 Å². The maximum Gasteiger partial charge on any atom is 0.0646 e. The molecule has 1 aromatic heterocycles. The third kappa shape index (κ3) is 4.35. The minimum Gasteiger partial charge on any atom is -0.378 e. The van der Waals surface area contributed by atoms with E-state index in [0.717, 1.165) is 5.69 Å². The van der Waals surface area contributed by atoms with E-state index in [1.807, 2.05) is 11.7 Å². The van der Waals surface area contributed by atoms with E-state index in [1.165, 1.54) is 42.5 Å². The van der Waals surface area contributed by atoms with Gasteiger partial charge in [0.25, 0.3) is 0 Å². The van der Waals surface area contributed by atoms with Crippen LogP contribution in [0.5, 0.6) is 0 Å². The van der Waals surface area contributed by atoms with Gasteiger partial charge in [-0.25, -0.2) is 0 Å². The Morgan fingerprint density at radius 2 is 1.90 bits per heavy atom. The van der Waals surface area contributed by atoms with Crippen LogP contribution in [0.25, 0.3) is 0 Å². The van der Waals surface area contributed by atoms with Gasteiger partial charge in [0, 0.05) is 24.5 Å². The zero-order valence-electron chi connectivity index (χ0n) is 13.7. The fraction of sp³-hybridized carbons (Fsp3) is 0.500. The lowest BCUT2D eigenvalue weighted by atomic mass is 10.1. The number of anilines is 1. The molecule has 21 heavy (non-hydrogen) atoms. The molecule has 0 saturated carbocycles. The summed E-state index contributed by atoms with van der Waals surface area (Å²) in [6.07, 6.45) is 7.16. The molecule has 0 aliphatic heterocycles. The number of rotatable bonds is 7. The van der Waals surface area contributed by atoms with Crippen molar-refractivity contribution in [3.05, 3.63) is 47.3 Å². The maximum atomic E-state index is 4.41. The molecule has 0 radical (unpaired) electrons. The second-order valence-electron chi connectivity index (χ2n) is 5.86. The molecular formula is C18H27N3. The van der Waals surface area contributed by atoms with Gasteiger partial charge in [-0.1, -0.05) is 31.9 Å². The summed E-state index contributed by atoms with van der Waals surface area (Å²) in [4.78, 5) is 0. The highest BCUT2D eigenvalue weighted by Crippen LogP contribution is 2.22. The molecule has 1 aromatic carbocycles. The number of nitrogens with one attached hydrogen (secondary N) is 1. The normalized spacial score (nSPS) is 12.4. The van der Waals surface area contributed by atoms with Crippen LogP contribution in [0.3, 0.4) is 0 Å². The molecule has 1 N–H and O–H groups in total. The Morgan fingerprint density at radius 3 is 2.48 bits per heavy atom. The highest BCUT2D eigenvalue weighted by atomic mass is 15.3. The van der Waals surface area contributed by atoms with Gasteiger partial charge in [-0.2, -0.15) is 5.10 Å². The van der Waals surface area contributed by atoms with Crippen molar-refractivity contribution in [1.82, 2.24) is 9.78 Å². The number of hydrogen-bond acceptors (Lipinski definition) is 2. The number of unbranched alkanes of at least 4 members (excludes halogenated alkanes) is 2. The van der Waals surface area contributed by atoms with E-state index < -0.39 is 0 Å². The fourth-order valence-corrected chi connectivity index (χ4v) is 2.72. The van der Waals surface area contributed by atoms with Gasteiger partial charge in [-0.05, 0) is 44.4 Å². The van der Waals surface area contributed by atoms with Crippen molar-refractivity contribution < 1.29 is 0 Å². The van der Waals surface area contributed by atoms with Crippen LogP contribution in [0.15, 0.2) is 30.5 Å². The standard InChI is InChI=1S/C18H27N3/c1-5-6-7-8-16-9-11-17(12-10-16)19-14(2)18-13-21(4)20-15(18)3/h9-14,19H,5-8H2,1-4H3. The molecule has 0 bridgehead atoms. The molecule has 0 fully saturated rings. The third-order valence-corrected chi connectivity index (χ3v) is 3.92. The van der Waals surface area contributed by atoms with Crippen molar-refractivity contribution in [1.29, 1.82) is 0 Å². The van der Waals surface area contributed by atoms with Gasteiger partial charge >= 0.3 is 0 Å². The molecule has 0 aliphatic carbocycles. The number of aryl methyl sites for hydroxylation is 3. The second-order valence-corrected chi connectivity index (χ2v) is 5.86. The van der Waals surface area contributed by atoms with E-state index in [1.54, 1.807) is 0 Å². The van der Waals surface area contributed by atoms with Crippen molar-refractivity contribution in [2.75, 3.05) is 5.32 Å². The predicted molar refractivity (Wildman–Crippen MR) is 89.7 cm³/mol. The first-order valence-corrected chi connectivity index (χ1v) is 7.95. The molecule has 0 saturated heterocycles. The molecular weight excluding hydrogens is 258 g/mol. The molecule has 3 heteroatoms. The van der Waals surface area contributed by atoms with Crippen LogP contribution in [0.2, 0.25) is 0 Å². The summed E-state index contributed by atoms with van der Waals surface area (Å²) in [7, 11) is 1.97. The van der Waals surface area contributed by atoms with Gasteiger partial charge in [0.05, 0.1) is 11.7 Å². The Morgan fingerprint density at radius 1 is 1.19 bits per heavy atom. The summed E-state index contributed by atoms with van der Waals surface area (Å²) in [5.74, 6) is 0. The van der Waals surface area contributed by atoms with Crippen LogP contribution >= 0.6 is 0 Å². The monoisotopic (exact) mass is 285 g/mol. The molecule has 1 heterocycles. The average Bonchev–Trinajstić information content (AvgIpc) is 2.80. The van der Waals surface area contributed by atoms with E-state index >= 15 is 0 Å². The highest BCUT2D eigenvalue weighted by Gasteiger charge is 2.11. The average molecular weight is 285 g/mol. The lowest BCUT2D eigenvalue weighted by Gasteiger charge is -2.15. The molecule has 114 valence electrons. The molecule has 0 aliphatic rings. The summed E-state index contributed by atoms with van der Waals surface area (Å²) in [5.41, 5.74) is 4.95. The fourth-order valence-electron chi connectivity index (χ4n) is 2.72. The Kier molecular flexibility index (Phi) is 5.43. The van der Waals surface area contributed by atoms with E-state index in [9.17, 15) is 0 Å². The smallest absolute Gasteiger partial charge is 0.0646 e. The van der Waals surface area contributed by atoms with E-state index in [4.69, 9.17) is 0 Å². The largest absolute Gasteiger partial charge is 0.378 e. The van der Waals surface area contributed by atoms with Gasteiger partial charge in [-0.15, -0.1) is 0 Å². The summed E-state index contributed by atoms with van der Waals surface area (Å²) < 4.78 is 1.87. The van der Waals surface area contributed by atoms with E-state index in [0.29, 0.717) is 0 Å². The van der Waals surface area contributed by atoms with Crippen LogP contribution in [-0.2, 0) is 13.5 Å². The Labute approximate surface area is 128 Å². The summed E-state index contributed by atoms with van der Waals surface area (Å²) in [5, 5.41) is 7.96. The first-order chi connectivity index (χ1) is 10.1. The number of benzene rings is 1. The van der Waals surface area contributed by atoms with Crippen LogP contribution in [0, 0.1) is 6.92 Å². The molecule has 0 spiro atoms. The molecule has 1 atom stereocenters. The first-order valence-electron chi connectivity index (χ1n) is 7.95. The van der Waals surface area contributed by atoms with Gasteiger partial charge < -0.3 is 5.32 Å². The molecule has 2 aromatic rings. The van der Waals surface area contributed by atoms with Gasteiger partial charge in [-0.3, -0.25) is 4.68 Å². The number of nitrogens with zero attached hydrogens (tertiary/aromatic N) is 2. The van der Waals surface area contributed by atoms with Gasteiger partial charge in [0.2, 0.25) is 0 Å². The third-order valence-electron chi connectivity index (χ3n) is 3.92. The van der Waals surface area contributed by atoms with Crippen LogP contribution in [0.4, 0.5) is 5.69 Å². The van der Waals surface area contributed by atoms with Crippen LogP contribution in [0.1, 0.15) is 56.0 Å². The highest BCUT2D eigenvalue weighted by molar-refractivity contribution is 5.47. The van der Waals surface area contributed by atoms with E-state index in [-0.39, 0.29) is 6.04 Å². The topological polar surface area (TPSA) is 29.9 Å². The Hall–Kier alpha value is -1.77. The zero-order valence-corrected chi connectivity index (χ0v) is 13.7. The van der Waals surface area contributed by atoms with Crippen molar-refractivity contribution >= 4 is 5.69 Å². The van der Waals surface area contributed by atoms with Gasteiger partial charge in [0.15, 0.2) is 0 Å². The van der Waals surface area contributed by atoms with Crippen molar-refractivity contribution in [2.45, 2.75) is 52.5 Å². The number of hydrogen-bond donors (Lipinski definition) is 1. The molecule has 1 unspecified atom stereocenters. The van der Waals surface area contributed by atoms with Crippen molar-refractivity contribution in [2.24, 2.45) is 7.05 Å². The lowest BCUT2D eigenvalue weighted by Crippen LogP contribution is -2.07. The maximum absolute atomic E-state index is 4.41. The summed E-state index contributed by atoms with van der Waals surface area (Å²) in [6, 6.07) is 9.11. The second kappa shape index (κ2) is 7.30. The Balaban J connectivity index is 1.95. The quantitative estimate of drug-likeness (QED) is 0.751. The minimum absolute atomic E-state index is 0.268. The summed E-state index contributed by atoms with van der Waals surface area (Å²) >= 11 is 0.